The molecule has 1 saturated heterocycles. The molecule has 1 fully saturated rings. The van der Waals surface area contributed by atoms with Crippen molar-refractivity contribution in [2.45, 2.75) is 110 Å². The van der Waals surface area contributed by atoms with Gasteiger partial charge in [-0.3, -0.25) is 9.59 Å². The second-order valence-electron chi connectivity index (χ2n) is 11.4. The number of rotatable bonds is 17. The number of aliphatic hydroxyl groups excluding tert-OH is 3. The van der Waals surface area contributed by atoms with Crippen LogP contribution >= 0.6 is 11.3 Å². The molecular formula is C27H42N4O7S. The number of hydrogen-bond donors (Lipinski definition) is 4. The number of carbonyl (C=O) groups excluding carboxylic acids is 1. The molecule has 7 atom stereocenters. The summed E-state index contributed by atoms with van der Waals surface area (Å²) in [5.74, 6) is -2.51. The van der Waals surface area contributed by atoms with Gasteiger partial charge in [-0.15, -0.1) is 11.3 Å². The van der Waals surface area contributed by atoms with E-state index in [9.17, 15) is 24.9 Å². The van der Waals surface area contributed by atoms with Crippen molar-refractivity contribution in [2.24, 2.45) is 22.4 Å². The standard InChI is InChI=1S/C27H42N4O7S/c1-15(24(36)17(3)25(37)26(4,5)20(33)12-23(34)35)8-7-9-27(6)21(38-27)11-19(30-31-28)16(2)10-18-14-39-22(13-32)29-18/h10,14-15,17,19-21,24,32-33,36H,7-9,11-13H2,1-6H3,(H,34,35)/b16-10+/t15-,17+,19?,20-,21-,24-,27+/m0/s1. The van der Waals surface area contributed by atoms with Gasteiger partial charge < -0.3 is 25.2 Å². The molecule has 2 rings (SSSR count). The van der Waals surface area contributed by atoms with Gasteiger partial charge in [-0.2, -0.15) is 0 Å². The Morgan fingerprint density at radius 2 is 2.03 bits per heavy atom. The normalized spacial score (nSPS) is 23.3. The summed E-state index contributed by atoms with van der Waals surface area (Å²) in [5, 5.41) is 45.6. The fourth-order valence-corrected chi connectivity index (χ4v) is 5.57. The SMILES string of the molecule is C/C(=C\c1csc(CO)n1)C(C[C@@H]1O[C@]1(C)CCC[C@H](C)[C@H](O)[C@@H](C)C(=O)C(C)(C)[C@@H](O)CC(=O)O)N=[N+]=[N-]. The minimum Gasteiger partial charge on any atom is -0.481 e. The minimum absolute atomic E-state index is 0.0861. The summed E-state index contributed by atoms with van der Waals surface area (Å²) < 4.78 is 5.98. The lowest BCUT2D eigenvalue weighted by atomic mass is 9.73. The molecule has 1 unspecified atom stereocenters. The molecule has 4 N–H and O–H groups in total. The number of aliphatic hydroxyl groups is 3. The van der Waals surface area contributed by atoms with Crippen LogP contribution < -0.4 is 0 Å². The van der Waals surface area contributed by atoms with Gasteiger partial charge in [-0.1, -0.05) is 44.8 Å². The largest absolute Gasteiger partial charge is 0.481 e. The number of thiazole rings is 1. The molecule has 1 aromatic heterocycles. The third-order valence-electron chi connectivity index (χ3n) is 7.95. The number of nitrogens with zero attached hydrogens (tertiary/aromatic N) is 4. The quantitative estimate of drug-likeness (QED) is 0.0917. The maximum Gasteiger partial charge on any atom is 0.306 e. The topological polar surface area (TPSA) is 189 Å². The van der Waals surface area contributed by atoms with Gasteiger partial charge in [-0.05, 0) is 50.6 Å². The number of epoxide rings is 1. The van der Waals surface area contributed by atoms with E-state index >= 15 is 0 Å². The number of azide groups is 1. The predicted octanol–water partition coefficient (Wildman–Crippen LogP) is 4.50. The van der Waals surface area contributed by atoms with Crippen molar-refractivity contribution < 1.29 is 34.8 Å². The van der Waals surface area contributed by atoms with Gasteiger partial charge in [-0.25, -0.2) is 4.98 Å². The summed E-state index contributed by atoms with van der Waals surface area (Å²) in [4.78, 5) is 31.2. The van der Waals surface area contributed by atoms with Crippen molar-refractivity contribution >= 4 is 29.2 Å². The summed E-state index contributed by atoms with van der Waals surface area (Å²) in [6, 6.07) is -0.395. The summed E-state index contributed by atoms with van der Waals surface area (Å²) >= 11 is 1.36. The number of ketones is 1. The Labute approximate surface area is 233 Å². The van der Waals surface area contributed by atoms with Crippen molar-refractivity contribution in [1.82, 2.24) is 4.98 Å². The smallest absolute Gasteiger partial charge is 0.306 e. The number of ether oxygens (including phenoxy) is 1. The number of aliphatic carboxylic acids is 1. The molecule has 0 spiro atoms. The van der Waals surface area contributed by atoms with E-state index in [2.05, 4.69) is 15.0 Å². The van der Waals surface area contributed by atoms with Gasteiger partial charge in [0.2, 0.25) is 0 Å². The van der Waals surface area contributed by atoms with E-state index in [1.165, 1.54) is 25.2 Å². The zero-order valence-electron chi connectivity index (χ0n) is 23.6. The Balaban J connectivity index is 1.89. The average molecular weight is 567 g/mol. The van der Waals surface area contributed by atoms with Gasteiger partial charge >= 0.3 is 5.97 Å². The van der Waals surface area contributed by atoms with Crippen LogP contribution in [0.4, 0.5) is 0 Å². The van der Waals surface area contributed by atoms with E-state index < -0.39 is 42.0 Å². The molecule has 0 bridgehead atoms. The van der Waals surface area contributed by atoms with Crippen LogP contribution in [-0.2, 0) is 20.9 Å². The first-order valence-electron chi connectivity index (χ1n) is 13.2. The molecule has 0 aromatic carbocycles. The molecule has 11 nitrogen and oxygen atoms in total. The third-order valence-corrected chi connectivity index (χ3v) is 8.80. The highest BCUT2D eigenvalue weighted by Crippen LogP contribution is 2.45. The van der Waals surface area contributed by atoms with Crippen LogP contribution in [0.1, 0.15) is 84.3 Å². The maximum absolute atomic E-state index is 13.0. The van der Waals surface area contributed by atoms with Crippen LogP contribution in [0.5, 0.6) is 0 Å². The molecule has 1 aliphatic rings. The summed E-state index contributed by atoms with van der Waals surface area (Å²) in [7, 11) is 0. The molecule has 0 saturated carbocycles. The number of carbonyl (C=O) groups is 2. The van der Waals surface area contributed by atoms with Crippen molar-refractivity contribution in [2.75, 3.05) is 0 Å². The van der Waals surface area contributed by atoms with Crippen LogP contribution in [0.25, 0.3) is 16.5 Å². The lowest BCUT2D eigenvalue weighted by Crippen LogP contribution is -2.45. The van der Waals surface area contributed by atoms with Crippen molar-refractivity contribution in [3.8, 4) is 0 Å². The summed E-state index contributed by atoms with van der Waals surface area (Å²) in [6.07, 6.45) is 1.61. The maximum atomic E-state index is 13.0. The zero-order chi connectivity index (χ0) is 29.5. The highest BCUT2D eigenvalue weighted by Gasteiger charge is 2.52. The zero-order valence-corrected chi connectivity index (χ0v) is 24.4. The minimum atomic E-state index is -1.34. The molecule has 0 radical (unpaired) electrons. The number of carboxylic acids is 1. The lowest BCUT2D eigenvalue weighted by Gasteiger charge is -2.34. The summed E-state index contributed by atoms with van der Waals surface area (Å²) in [6.45, 7) is 10.3. The van der Waals surface area contributed by atoms with Gasteiger partial charge in [0.15, 0.2) is 0 Å². The Morgan fingerprint density at radius 1 is 1.36 bits per heavy atom. The van der Waals surface area contributed by atoms with Gasteiger partial charge in [0.25, 0.3) is 0 Å². The average Bonchev–Trinajstić information content (AvgIpc) is 3.28. The van der Waals surface area contributed by atoms with Crippen LogP contribution in [0.3, 0.4) is 0 Å². The van der Waals surface area contributed by atoms with E-state index in [1.807, 2.05) is 32.2 Å². The van der Waals surface area contributed by atoms with Crippen molar-refractivity contribution in [3.05, 3.63) is 32.1 Å². The number of Topliss-reactive ketones (excluding diaryl/α,β-unsaturated/α-hetero) is 1. The third kappa shape index (κ3) is 8.83. The van der Waals surface area contributed by atoms with E-state index in [0.717, 1.165) is 18.4 Å². The Morgan fingerprint density at radius 3 is 2.59 bits per heavy atom. The first-order chi connectivity index (χ1) is 18.2. The van der Waals surface area contributed by atoms with Crippen molar-refractivity contribution in [3.63, 3.8) is 0 Å². The Kier molecular flexibility index (Phi) is 11.7. The highest BCUT2D eigenvalue weighted by molar-refractivity contribution is 7.09. The Bertz CT molecular complexity index is 1080. The van der Waals surface area contributed by atoms with E-state index in [-0.39, 0.29) is 30.0 Å². The van der Waals surface area contributed by atoms with Crippen molar-refractivity contribution in [1.29, 1.82) is 0 Å². The van der Waals surface area contributed by atoms with Gasteiger partial charge in [0, 0.05) is 16.2 Å². The molecule has 218 valence electrons. The molecule has 12 heteroatoms. The first-order valence-corrected chi connectivity index (χ1v) is 14.1. The molecule has 39 heavy (non-hydrogen) atoms. The summed E-state index contributed by atoms with van der Waals surface area (Å²) in [5.41, 5.74) is 8.97. The van der Waals surface area contributed by atoms with E-state index in [4.69, 9.17) is 15.4 Å². The lowest BCUT2D eigenvalue weighted by molar-refractivity contribution is -0.147. The number of hydrogen-bond acceptors (Lipinski definition) is 9. The van der Waals surface area contributed by atoms with Gasteiger partial charge in [0.05, 0.1) is 54.1 Å². The van der Waals surface area contributed by atoms with Crippen LogP contribution in [0, 0.1) is 17.3 Å². The Hall–Kier alpha value is -2.34. The number of aromatic nitrogens is 1. The monoisotopic (exact) mass is 566 g/mol. The van der Waals surface area contributed by atoms with E-state index in [0.29, 0.717) is 23.5 Å². The molecule has 1 aromatic rings. The fraction of sp³-hybridized carbons (Fsp3) is 0.741. The molecule has 0 aliphatic carbocycles. The first kappa shape index (κ1) is 32.9. The second kappa shape index (κ2) is 13.8. The molecular weight excluding hydrogens is 524 g/mol. The van der Waals surface area contributed by atoms with Crippen LogP contribution in [0.15, 0.2) is 16.1 Å². The molecule has 1 aliphatic heterocycles. The van der Waals surface area contributed by atoms with Gasteiger partial charge in [0.1, 0.15) is 10.8 Å². The highest BCUT2D eigenvalue weighted by atomic mass is 32.1. The fourth-order valence-electron chi connectivity index (χ4n) is 4.96. The molecule has 2 heterocycles. The van der Waals surface area contributed by atoms with E-state index in [1.54, 1.807) is 6.92 Å². The van der Waals surface area contributed by atoms with Crippen LogP contribution in [-0.4, -0.2) is 67.1 Å². The number of carboxylic acid groups (broad SMARTS) is 1. The molecule has 0 amide bonds. The predicted molar refractivity (Wildman–Crippen MR) is 148 cm³/mol. The van der Waals surface area contributed by atoms with Crippen LogP contribution in [0.2, 0.25) is 0 Å². The second-order valence-corrected chi connectivity index (χ2v) is 12.4.